The van der Waals surface area contributed by atoms with Crippen LogP contribution in [0.3, 0.4) is 0 Å². The Hall–Kier alpha value is -3.10. The first-order valence-corrected chi connectivity index (χ1v) is 7.89. The Balaban J connectivity index is 2.03. The van der Waals surface area contributed by atoms with E-state index in [1.165, 1.54) is 7.05 Å². The van der Waals surface area contributed by atoms with Gasteiger partial charge >= 0.3 is 6.18 Å². The van der Waals surface area contributed by atoms with E-state index >= 15 is 0 Å². The van der Waals surface area contributed by atoms with Crippen LogP contribution in [-0.4, -0.2) is 18.9 Å². The predicted octanol–water partition coefficient (Wildman–Crippen LogP) is 2.81. The van der Waals surface area contributed by atoms with E-state index in [4.69, 9.17) is 5.73 Å². The second kappa shape index (κ2) is 8.52. The van der Waals surface area contributed by atoms with E-state index in [1.807, 2.05) is 0 Å². The van der Waals surface area contributed by atoms with E-state index in [2.05, 4.69) is 15.6 Å². The minimum Gasteiger partial charge on any atom is -0.366 e. The summed E-state index contributed by atoms with van der Waals surface area (Å²) in [7, 11) is 1.46. The van der Waals surface area contributed by atoms with Gasteiger partial charge in [0, 0.05) is 25.7 Å². The van der Waals surface area contributed by atoms with E-state index in [-0.39, 0.29) is 24.6 Å². The molecule has 27 heavy (non-hydrogen) atoms. The maximum Gasteiger partial charge on any atom is 0.416 e. The molecule has 144 valence electrons. The molecule has 2 rings (SSSR count). The average molecular weight is 382 g/mol. The van der Waals surface area contributed by atoms with Crippen LogP contribution in [0.25, 0.3) is 0 Å². The zero-order valence-electron chi connectivity index (χ0n) is 14.4. The monoisotopic (exact) mass is 382 g/mol. The van der Waals surface area contributed by atoms with Crippen LogP contribution in [0.15, 0.2) is 47.5 Å². The molecule has 0 fully saturated rings. The van der Waals surface area contributed by atoms with Gasteiger partial charge in [-0.3, -0.25) is 9.79 Å². The van der Waals surface area contributed by atoms with Gasteiger partial charge in [-0.05, 0) is 35.4 Å². The Morgan fingerprint density at radius 1 is 1.11 bits per heavy atom. The highest BCUT2D eigenvalue weighted by atomic mass is 19.4. The molecule has 0 aliphatic heterocycles. The molecule has 0 spiro atoms. The molecule has 0 aliphatic carbocycles. The number of carbonyl (C=O) groups is 1. The predicted molar refractivity (Wildman–Crippen MR) is 93.4 cm³/mol. The van der Waals surface area contributed by atoms with Gasteiger partial charge < -0.3 is 16.4 Å². The lowest BCUT2D eigenvalue weighted by Gasteiger charge is -2.16. The van der Waals surface area contributed by atoms with Crippen LogP contribution in [0.4, 0.5) is 17.6 Å². The van der Waals surface area contributed by atoms with Gasteiger partial charge in [0.25, 0.3) is 0 Å². The second-order valence-electron chi connectivity index (χ2n) is 5.64. The van der Waals surface area contributed by atoms with Crippen molar-refractivity contribution in [3.63, 3.8) is 0 Å². The molecule has 0 unspecified atom stereocenters. The molecule has 0 atom stereocenters. The van der Waals surface area contributed by atoms with Gasteiger partial charge in [-0.15, -0.1) is 0 Å². The Bertz CT molecular complexity index is 849. The van der Waals surface area contributed by atoms with Gasteiger partial charge in [0.15, 0.2) is 5.96 Å². The van der Waals surface area contributed by atoms with E-state index in [9.17, 15) is 22.4 Å². The molecular formula is C18H18F4N4O. The minimum absolute atomic E-state index is 0.109. The van der Waals surface area contributed by atoms with Crippen molar-refractivity contribution in [1.29, 1.82) is 0 Å². The third-order valence-corrected chi connectivity index (χ3v) is 3.72. The highest BCUT2D eigenvalue weighted by Crippen LogP contribution is 2.32. The van der Waals surface area contributed by atoms with E-state index < -0.39 is 23.5 Å². The van der Waals surface area contributed by atoms with Crippen molar-refractivity contribution in [1.82, 2.24) is 10.6 Å². The molecular weight excluding hydrogens is 364 g/mol. The fraction of sp³-hybridized carbons (Fsp3) is 0.222. The smallest absolute Gasteiger partial charge is 0.366 e. The van der Waals surface area contributed by atoms with Gasteiger partial charge in [-0.25, -0.2) is 4.39 Å². The Labute approximate surface area is 153 Å². The number of halogens is 4. The average Bonchev–Trinajstić information content (AvgIpc) is 2.62. The fourth-order valence-electron chi connectivity index (χ4n) is 2.39. The number of carbonyl (C=O) groups excluding carboxylic acids is 1. The molecule has 2 aromatic carbocycles. The van der Waals surface area contributed by atoms with Crippen LogP contribution in [0.2, 0.25) is 0 Å². The molecule has 0 saturated heterocycles. The summed E-state index contributed by atoms with van der Waals surface area (Å²) >= 11 is 0. The van der Waals surface area contributed by atoms with Crippen LogP contribution >= 0.6 is 0 Å². The number of alkyl halides is 3. The second-order valence-corrected chi connectivity index (χ2v) is 5.64. The van der Waals surface area contributed by atoms with Gasteiger partial charge in [-0.1, -0.05) is 18.2 Å². The van der Waals surface area contributed by atoms with Crippen LogP contribution in [-0.2, 0) is 19.3 Å². The van der Waals surface area contributed by atoms with Gasteiger partial charge in [0.2, 0.25) is 5.91 Å². The summed E-state index contributed by atoms with van der Waals surface area (Å²) in [6, 6.07) is 9.11. The maximum atomic E-state index is 13.2. The molecule has 1 amide bonds. The van der Waals surface area contributed by atoms with E-state index in [0.717, 1.165) is 17.7 Å². The molecule has 0 heterocycles. The van der Waals surface area contributed by atoms with Crippen LogP contribution < -0.4 is 16.4 Å². The SMILES string of the molecule is CN=C(NCc1cccc(C(N)=O)c1)NCc1ccc(F)cc1C(F)(F)F. The summed E-state index contributed by atoms with van der Waals surface area (Å²) in [5.41, 5.74) is 5.16. The molecule has 0 radical (unpaired) electrons. The van der Waals surface area contributed by atoms with Crippen LogP contribution in [0, 0.1) is 5.82 Å². The number of nitrogens with two attached hydrogens (primary N) is 1. The number of aliphatic imine (C=N–C) groups is 1. The molecule has 0 aliphatic rings. The number of nitrogens with one attached hydrogen (secondary N) is 2. The number of nitrogens with zero attached hydrogens (tertiary/aromatic N) is 1. The third kappa shape index (κ3) is 5.70. The summed E-state index contributed by atoms with van der Waals surface area (Å²) in [4.78, 5) is 15.1. The first-order chi connectivity index (χ1) is 12.7. The Morgan fingerprint density at radius 3 is 2.44 bits per heavy atom. The lowest BCUT2D eigenvalue weighted by Crippen LogP contribution is -2.36. The summed E-state index contributed by atoms with van der Waals surface area (Å²) < 4.78 is 52.2. The third-order valence-electron chi connectivity index (χ3n) is 3.72. The Kier molecular flexibility index (Phi) is 6.38. The standard InChI is InChI=1S/C18H18F4N4O/c1-24-17(25-9-11-3-2-4-12(7-11)16(23)27)26-10-13-5-6-14(19)8-15(13)18(20,21)22/h2-8H,9-10H2,1H3,(H2,23,27)(H2,24,25,26). The van der Waals surface area contributed by atoms with Crippen LogP contribution in [0.5, 0.6) is 0 Å². The van der Waals surface area contributed by atoms with E-state index in [0.29, 0.717) is 11.6 Å². The van der Waals surface area contributed by atoms with Crippen molar-refractivity contribution in [2.75, 3.05) is 7.05 Å². The summed E-state index contributed by atoms with van der Waals surface area (Å²) in [6.45, 7) is 0.0759. The number of hydrogen-bond donors (Lipinski definition) is 3. The molecule has 2 aromatic rings. The lowest BCUT2D eigenvalue weighted by atomic mass is 10.1. The normalized spacial score (nSPS) is 12.0. The molecule has 0 aromatic heterocycles. The maximum absolute atomic E-state index is 13.2. The molecule has 5 nitrogen and oxygen atoms in total. The number of amides is 1. The zero-order valence-corrected chi connectivity index (χ0v) is 14.4. The van der Waals surface area contributed by atoms with Crippen molar-refractivity contribution >= 4 is 11.9 Å². The highest BCUT2D eigenvalue weighted by molar-refractivity contribution is 5.92. The van der Waals surface area contributed by atoms with Crippen molar-refractivity contribution in [3.8, 4) is 0 Å². The number of hydrogen-bond acceptors (Lipinski definition) is 2. The highest BCUT2D eigenvalue weighted by Gasteiger charge is 2.33. The number of rotatable bonds is 5. The summed E-state index contributed by atoms with van der Waals surface area (Å²) in [5.74, 6) is -1.27. The zero-order chi connectivity index (χ0) is 20.0. The van der Waals surface area contributed by atoms with Crippen molar-refractivity contribution in [2.45, 2.75) is 19.3 Å². The number of guanidine groups is 1. The number of benzene rings is 2. The first kappa shape index (κ1) is 20.2. The number of primary amides is 1. The minimum atomic E-state index is -4.66. The fourth-order valence-corrected chi connectivity index (χ4v) is 2.39. The molecule has 0 saturated carbocycles. The van der Waals surface area contributed by atoms with Gasteiger partial charge in [0.05, 0.1) is 5.56 Å². The van der Waals surface area contributed by atoms with E-state index in [1.54, 1.807) is 24.3 Å². The largest absolute Gasteiger partial charge is 0.416 e. The van der Waals surface area contributed by atoms with Crippen molar-refractivity contribution < 1.29 is 22.4 Å². The Morgan fingerprint density at radius 2 is 1.81 bits per heavy atom. The van der Waals surface area contributed by atoms with Crippen molar-refractivity contribution in [2.24, 2.45) is 10.7 Å². The molecule has 4 N–H and O–H groups in total. The summed E-state index contributed by atoms with van der Waals surface area (Å²) in [5, 5.41) is 5.67. The topological polar surface area (TPSA) is 79.5 Å². The van der Waals surface area contributed by atoms with Crippen LogP contribution in [0.1, 0.15) is 27.0 Å². The quantitative estimate of drug-likeness (QED) is 0.423. The summed E-state index contributed by atoms with van der Waals surface area (Å²) in [6.07, 6.45) is -4.66. The lowest BCUT2D eigenvalue weighted by molar-refractivity contribution is -0.138. The first-order valence-electron chi connectivity index (χ1n) is 7.89. The molecule has 0 bridgehead atoms. The van der Waals surface area contributed by atoms with Gasteiger partial charge in [-0.2, -0.15) is 13.2 Å². The molecule has 9 heteroatoms. The van der Waals surface area contributed by atoms with Crippen molar-refractivity contribution in [3.05, 3.63) is 70.5 Å². The van der Waals surface area contributed by atoms with Gasteiger partial charge in [0.1, 0.15) is 5.82 Å².